The molecule has 0 fully saturated rings. The number of hydrogen-bond donors (Lipinski definition) is 2. The highest BCUT2D eigenvalue weighted by Crippen LogP contribution is 2.21. The Balaban J connectivity index is 2.24. The number of sulfonamides is 1. The van der Waals surface area contributed by atoms with Gasteiger partial charge >= 0.3 is 0 Å². The molecule has 112 valence electrons. The third-order valence-corrected chi connectivity index (χ3v) is 5.50. The van der Waals surface area contributed by atoms with Gasteiger partial charge in [-0.2, -0.15) is 4.31 Å². The number of hydrogen-bond acceptors (Lipinski definition) is 5. The lowest BCUT2D eigenvalue weighted by Crippen LogP contribution is -2.26. The van der Waals surface area contributed by atoms with Gasteiger partial charge in [-0.1, -0.05) is 34.1 Å². The van der Waals surface area contributed by atoms with Crippen LogP contribution in [0.2, 0.25) is 0 Å². The molecular weight excluding hydrogens is 356 g/mol. The molecule has 0 aliphatic heterocycles. The van der Waals surface area contributed by atoms with Crippen LogP contribution in [0.3, 0.4) is 0 Å². The maximum absolute atomic E-state index is 12.5. The van der Waals surface area contributed by atoms with Crippen molar-refractivity contribution in [3.8, 4) is 0 Å². The lowest BCUT2D eigenvalue weighted by molar-refractivity contribution is 0.466. The van der Waals surface area contributed by atoms with Gasteiger partial charge in [0.15, 0.2) is 0 Å². The average Bonchev–Trinajstić information content (AvgIpc) is 2.49. The summed E-state index contributed by atoms with van der Waals surface area (Å²) in [6.07, 6.45) is 1.28. The first kappa shape index (κ1) is 15.9. The van der Waals surface area contributed by atoms with E-state index in [1.165, 1.54) is 29.7 Å². The zero-order chi connectivity index (χ0) is 15.5. The van der Waals surface area contributed by atoms with Crippen LogP contribution in [0.1, 0.15) is 5.56 Å². The fourth-order valence-electron chi connectivity index (χ4n) is 1.75. The Morgan fingerprint density at radius 2 is 2.00 bits per heavy atom. The number of benzene rings is 1. The first-order valence-corrected chi connectivity index (χ1v) is 8.31. The highest BCUT2D eigenvalue weighted by atomic mass is 79.9. The Morgan fingerprint density at radius 3 is 2.57 bits per heavy atom. The van der Waals surface area contributed by atoms with Crippen LogP contribution in [0, 0.1) is 0 Å². The number of aromatic nitrogens is 1. The fraction of sp³-hybridized carbons (Fsp3) is 0.154. The van der Waals surface area contributed by atoms with Gasteiger partial charge in [0.25, 0.3) is 0 Å². The number of pyridine rings is 1. The highest BCUT2D eigenvalue weighted by Gasteiger charge is 2.21. The Morgan fingerprint density at radius 1 is 1.29 bits per heavy atom. The van der Waals surface area contributed by atoms with Crippen molar-refractivity contribution in [3.05, 3.63) is 52.6 Å². The second-order valence-electron chi connectivity index (χ2n) is 4.38. The zero-order valence-electron chi connectivity index (χ0n) is 11.3. The molecule has 1 aromatic carbocycles. The standard InChI is InChI=1S/C13H15BrN4O2S/c1-18(9-10-4-2-3-5-12(10)14)21(19,20)11-6-7-13(17-15)16-8-11/h2-8H,9,15H2,1H3,(H,16,17). The van der Waals surface area contributed by atoms with Gasteiger partial charge in [-0.3, -0.25) is 0 Å². The van der Waals surface area contributed by atoms with Gasteiger partial charge in [-0.15, -0.1) is 0 Å². The molecule has 0 atom stereocenters. The van der Waals surface area contributed by atoms with Crippen LogP contribution in [0.25, 0.3) is 0 Å². The molecule has 0 unspecified atom stereocenters. The molecule has 1 heterocycles. The molecule has 0 bridgehead atoms. The van der Waals surface area contributed by atoms with E-state index >= 15 is 0 Å². The van der Waals surface area contributed by atoms with Gasteiger partial charge in [0.05, 0.1) is 0 Å². The molecule has 0 spiro atoms. The molecule has 6 nitrogen and oxygen atoms in total. The quantitative estimate of drug-likeness (QED) is 0.620. The highest BCUT2D eigenvalue weighted by molar-refractivity contribution is 9.10. The van der Waals surface area contributed by atoms with Crippen molar-refractivity contribution >= 4 is 31.8 Å². The lowest BCUT2D eigenvalue weighted by atomic mass is 10.2. The molecule has 0 radical (unpaired) electrons. The Bertz CT molecular complexity index is 719. The molecule has 21 heavy (non-hydrogen) atoms. The normalized spacial score (nSPS) is 11.6. The van der Waals surface area contributed by atoms with E-state index in [9.17, 15) is 8.42 Å². The Kier molecular flexibility index (Phi) is 4.94. The number of halogens is 1. The zero-order valence-corrected chi connectivity index (χ0v) is 13.7. The number of hydrazine groups is 1. The van der Waals surface area contributed by atoms with E-state index in [-0.39, 0.29) is 11.4 Å². The van der Waals surface area contributed by atoms with Crippen LogP contribution < -0.4 is 11.3 Å². The fourth-order valence-corrected chi connectivity index (χ4v) is 3.25. The van der Waals surface area contributed by atoms with E-state index < -0.39 is 10.0 Å². The lowest BCUT2D eigenvalue weighted by Gasteiger charge is -2.18. The smallest absolute Gasteiger partial charge is 0.244 e. The maximum Gasteiger partial charge on any atom is 0.244 e. The molecule has 0 saturated carbocycles. The molecule has 1 aromatic heterocycles. The van der Waals surface area contributed by atoms with E-state index in [4.69, 9.17) is 5.84 Å². The molecule has 2 rings (SSSR count). The summed E-state index contributed by atoms with van der Waals surface area (Å²) < 4.78 is 27.1. The minimum absolute atomic E-state index is 0.121. The predicted octanol–water partition coefficient (Wildman–Crippen LogP) is 1.95. The summed E-state index contributed by atoms with van der Waals surface area (Å²) in [5.41, 5.74) is 3.24. The van der Waals surface area contributed by atoms with Gasteiger partial charge in [-0.25, -0.2) is 19.2 Å². The maximum atomic E-state index is 12.5. The van der Waals surface area contributed by atoms with Crippen molar-refractivity contribution in [2.75, 3.05) is 12.5 Å². The van der Waals surface area contributed by atoms with E-state index in [0.29, 0.717) is 5.82 Å². The Labute approximate surface area is 132 Å². The third kappa shape index (κ3) is 3.59. The molecule has 2 aromatic rings. The SMILES string of the molecule is CN(Cc1ccccc1Br)S(=O)(=O)c1ccc(NN)nc1. The minimum atomic E-state index is -3.60. The van der Waals surface area contributed by atoms with Gasteiger partial charge < -0.3 is 5.43 Å². The number of nitrogen functional groups attached to an aromatic ring is 1. The van der Waals surface area contributed by atoms with E-state index in [0.717, 1.165) is 10.0 Å². The van der Waals surface area contributed by atoms with Gasteiger partial charge in [0.1, 0.15) is 10.7 Å². The minimum Gasteiger partial charge on any atom is -0.308 e. The van der Waals surface area contributed by atoms with Crippen molar-refractivity contribution in [2.24, 2.45) is 5.84 Å². The van der Waals surface area contributed by atoms with Crippen LogP contribution >= 0.6 is 15.9 Å². The molecule has 8 heteroatoms. The van der Waals surface area contributed by atoms with E-state index in [1.807, 2.05) is 24.3 Å². The van der Waals surface area contributed by atoms with E-state index in [1.54, 1.807) is 0 Å². The molecule has 0 saturated heterocycles. The monoisotopic (exact) mass is 370 g/mol. The molecule has 0 aliphatic rings. The average molecular weight is 371 g/mol. The van der Waals surface area contributed by atoms with Crippen LogP contribution in [0.15, 0.2) is 52.0 Å². The molecule has 0 amide bonds. The van der Waals surface area contributed by atoms with Crippen molar-refractivity contribution in [1.29, 1.82) is 0 Å². The number of nitrogens with one attached hydrogen (secondary N) is 1. The summed E-state index contributed by atoms with van der Waals surface area (Å²) in [5, 5.41) is 0. The number of nitrogens with zero attached hydrogens (tertiary/aromatic N) is 2. The van der Waals surface area contributed by atoms with Crippen LogP contribution in [-0.2, 0) is 16.6 Å². The summed E-state index contributed by atoms with van der Waals surface area (Å²) in [7, 11) is -2.07. The second kappa shape index (κ2) is 6.52. The largest absolute Gasteiger partial charge is 0.308 e. The molecular formula is C13H15BrN4O2S. The van der Waals surface area contributed by atoms with Gasteiger partial charge in [-0.05, 0) is 23.8 Å². The first-order valence-electron chi connectivity index (χ1n) is 6.07. The van der Waals surface area contributed by atoms with Crippen molar-refractivity contribution < 1.29 is 8.42 Å². The molecule has 3 N–H and O–H groups in total. The van der Waals surface area contributed by atoms with Crippen LogP contribution in [0.4, 0.5) is 5.82 Å². The number of rotatable bonds is 5. The van der Waals surface area contributed by atoms with Gasteiger partial charge in [0, 0.05) is 24.3 Å². The van der Waals surface area contributed by atoms with Crippen LogP contribution in [-0.4, -0.2) is 24.8 Å². The second-order valence-corrected chi connectivity index (χ2v) is 7.28. The number of nitrogens with two attached hydrogens (primary N) is 1. The van der Waals surface area contributed by atoms with Crippen molar-refractivity contribution in [1.82, 2.24) is 9.29 Å². The van der Waals surface area contributed by atoms with Crippen molar-refractivity contribution in [2.45, 2.75) is 11.4 Å². The summed E-state index contributed by atoms with van der Waals surface area (Å²) >= 11 is 3.41. The Hall–Kier alpha value is -1.48. The topological polar surface area (TPSA) is 88.3 Å². The number of anilines is 1. The van der Waals surface area contributed by atoms with E-state index in [2.05, 4.69) is 26.3 Å². The first-order chi connectivity index (χ1) is 9.95. The summed E-state index contributed by atoms with van der Waals surface area (Å²) in [5.74, 6) is 5.61. The van der Waals surface area contributed by atoms with Crippen molar-refractivity contribution in [3.63, 3.8) is 0 Å². The van der Waals surface area contributed by atoms with Gasteiger partial charge in [0.2, 0.25) is 10.0 Å². The molecule has 0 aliphatic carbocycles. The summed E-state index contributed by atoms with van der Waals surface area (Å²) in [6.45, 7) is 0.265. The van der Waals surface area contributed by atoms with Crippen LogP contribution in [0.5, 0.6) is 0 Å². The summed E-state index contributed by atoms with van der Waals surface area (Å²) in [4.78, 5) is 4.04. The third-order valence-electron chi connectivity index (χ3n) is 2.94. The summed E-state index contributed by atoms with van der Waals surface area (Å²) in [6, 6.07) is 10.5. The predicted molar refractivity (Wildman–Crippen MR) is 84.8 cm³/mol.